The molecule has 1 aromatic heterocycles. The van der Waals surface area contributed by atoms with Crippen LogP contribution < -0.4 is 10.1 Å². The molecule has 40 heavy (non-hydrogen) atoms. The highest BCUT2D eigenvalue weighted by atomic mass is 16.6. The molecule has 0 fully saturated rings. The number of hydrogen-bond donors (Lipinski definition) is 2. The second kappa shape index (κ2) is 11.1. The molecule has 0 saturated heterocycles. The topological polar surface area (TPSA) is 98.0 Å². The van der Waals surface area contributed by atoms with Gasteiger partial charge in [-0.05, 0) is 61.7 Å². The third-order valence-corrected chi connectivity index (χ3v) is 6.41. The summed E-state index contributed by atoms with van der Waals surface area (Å²) in [5, 5.41) is 14.1. The van der Waals surface area contributed by atoms with Gasteiger partial charge in [0.2, 0.25) is 0 Å². The van der Waals surface area contributed by atoms with Crippen LogP contribution in [0.4, 0.5) is 4.79 Å². The minimum absolute atomic E-state index is 0.0792. The molecule has 204 valence electrons. The summed E-state index contributed by atoms with van der Waals surface area (Å²) in [6.07, 6.45) is -0.699. The summed E-state index contributed by atoms with van der Waals surface area (Å²) in [4.78, 5) is 23.6. The Balaban J connectivity index is 1.31. The molecule has 2 N–H and O–H groups in total. The van der Waals surface area contributed by atoms with Crippen LogP contribution in [0.25, 0.3) is 44.2 Å². The van der Waals surface area contributed by atoms with Crippen molar-refractivity contribution in [2.45, 2.75) is 38.8 Å². The van der Waals surface area contributed by atoms with E-state index < -0.39 is 23.7 Å². The van der Waals surface area contributed by atoms with E-state index in [9.17, 15) is 14.7 Å². The maximum absolute atomic E-state index is 12.0. The summed E-state index contributed by atoms with van der Waals surface area (Å²) in [5.74, 6) is -0.553. The summed E-state index contributed by atoms with van der Waals surface area (Å²) in [6, 6.07) is 28.9. The van der Waals surface area contributed by atoms with E-state index in [1.807, 2.05) is 60.7 Å². The lowest BCUT2D eigenvalue weighted by Gasteiger charge is -2.22. The van der Waals surface area contributed by atoms with Crippen molar-refractivity contribution >= 4 is 34.0 Å². The molecule has 1 amide bonds. The van der Waals surface area contributed by atoms with E-state index in [1.165, 1.54) is 0 Å². The molecule has 0 aliphatic heterocycles. The van der Waals surface area contributed by atoms with Crippen LogP contribution in [0.2, 0.25) is 0 Å². The summed E-state index contributed by atoms with van der Waals surface area (Å²) in [5.41, 5.74) is 5.00. The van der Waals surface area contributed by atoms with Crippen molar-refractivity contribution < 1.29 is 28.6 Å². The molecule has 0 unspecified atom stereocenters. The maximum Gasteiger partial charge on any atom is 0.408 e. The molecule has 7 heteroatoms. The highest BCUT2D eigenvalue weighted by molar-refractivity contribution is 6.09. The van der Waals surface area contributed by atoms with Crippen molar-refractivity contribution in [1.29, 1.82) is 0 Å². The third kappa shape index (κ3) is 6.10. The van der Waals surface area contributed by atoms with Gasteiger partial charge in [-0.2, -0.15) is 0 Å². The average Bonchev–Trinajstić information content (AvgIpc) is 3.31. The van der Waals surface area contributed by atoms with Gasteiger partial charge in [0.1, 0.15) is 28.6 Å². The monoisotopic (exact) mass is 537 g/mol. The molecule has 0 saturated carbocycles. The number of carboxylic acids is 1. The number of furan rings is 1. The van der Waals surface area contributed by atoms with Gasteiger partial charge in [-0.1, -0.05) is 66.7 Å². The number of carboxylic acid groups (broad SMARTS) is 1. The van der Waals surface area contributed by atoms with Crippen LogP contribution in [-0.4, -0.2) is 35.4 Å². The van der Waals surface area contributed by atoms with E-state index in [0.29, 0.717) is 5.75 Å². The van der Waals surface area contributed by atoms with E-state index in [2.05, 4.69) is 35.6 Å². The largest absolute Gasteiger partial charge is 0.493 e. The Labute approximate surface area is 232 Å². The van der Waals surface area contributed by atoms with E-state index >= 15 is 0 Å². The van der Waals surface area contributed by atoms with E-state index in [0.717, 1.165) is 44.2 Å². The molecule has 0 radical (unpaired) electrons. The van der Waals surface area contributed by atoms with Crippen LogP contribution in [0.1, 0.15) is 27.2 Å². The van der Waals surface area contributed by atoms with Gasteiger partial charge in [-0.15, -0.1) is 0 Å². The number of nitrogens with one attached hydrogen (secondary N) is 1. The van der Waals surface area contributed by atoms with Gasteiger partial charge in [0, 0.05) is 22.8 Å². The lowest BCUT2D eigenvalue weighted by molar-refractivity contribution is -0.139. The Hall–Kier alpha value is -4.78. The standard InChI is InChI=1S/C33H31NO6/c1-33(2,3)40-32(37)34-28(31(35)36)17-18-38-24-12-7-10-22(20-24)21-9-6-11-23(19-21)25-14-8-15-27-26-13-4-5-16-29(26)39-30(25)27/h4-16,19-20,28H,17-18H2,1-3H3,(H,34,37)(H,35,36)/t28-/m0/s1. The number of amides is 1. The fraction of sp³-hybridized carbons (Fsp3) is 0.212. The van der Waals surface area contributed by atoms with Crippen molar-refractivity contribution in [2.75, 3.05) is 6.61 Å². The molecule has 5 rings (SSSR count). The van der Waals surface area contributed by atoms with Gasteiger partial charge in [-0.3, -0.25) is 0 Å². The fourth-order valence-corrected chi connectivity index (χ4v) is 4.61. The average molecular weight is 538 g/mol. The van der Waals surface area contributed by atoms with Crippen LogP contribution in [0.3, 0.4) is 0 Å². The minimum Gasteiger partial charge on any atom is -0.493 e. The van der Waals surface area contributed by atoms with Crippen LogP contribution in [0.5, 0.6) is 5.75 Å². The molecule has 0 bridgehead atoms. The summed E-state index contributed by atoms with van der Waals surface area (Å²) >= 11 is 0. The molecule has 0 aliphatic rings. The summed E-state index contributed by atoms with van der Waals surface area (Å²) in [6.45, 7) is 5.25. The van der Waals surface area contributed by atoms with Gasteiger partial charge in [-0.25, -0.2) is 9.59 Å². The number of hydrogen-bond acceptors (Lipinski definition) is 5. The second-order valence-electron chi connectivity index (χ2n) is 10.6. The molecule has 1 heterocycles. The van der Waals surface area contributed by atoms with Gasteiger partial charge < -0.3 is 24.3 Å². The normalized spacial score (nSPS) is 12.3. The molecular formula is C33H31NO6. The molecule has 1 atom stereocenters. The zero-order chi connectivity index (χ0) is 28.3. The zero-order valence-electron chi connectivity index (χ0n) is 22.6. The van der Waals surface area contributed by atoms with E-state index in [-0.39, 0.29) is 13.0 Å². The predicted octanol–water partition coefficient (Wildman–Crippen LogP) is 7.67. The molecule has 0 aliphatic carbocycles. The van der Waals surface area contributed by atoms with Crippen molar-refractivity contribution in [2.24, 2.45) is 0 Å². The Morgan fingerprint density at radius 3 is 2.30 bits per heavy atom. The quantitative estimate of drug-likeness (QED) is 0.211. The number of carbonyl (C=O) groups excluding carboxylic acids is 1. The fourth-order valence-electron chi connectivity index (χ4n) is 4.61. The first-order valence-electron chi connectivity index (χ1n) is 13.1. The molecule has 4 aromatic carbocycles. The predicted molar refractivity (Wildman–Crippen MR) is 155 cm³/mol. The number of rotatable bonds is 8. The Kier molecular flexibility index (Phi) is 7.47. The molecule has 7 nitrogen and oxygen atoms in total. The lowest BCUT2D eigenvalue weighted by Crippen LogP contribution is -2.44. The van der Waals surface area contributed by atoms with Gasteiger partial charge in [0.25, 0.3) is 0 Å². The molecule has 0 spiro atoms. The van der Waals surface area contributed by atoms with Crippen LogP contribution in [0, 0.1) is 0 Å². The van der Waals surface area contributed by atoms with Gasteiger partial charge >= 0.3 is 12.1 Å². The lowest BCUT2D eigenvalue weighted by atomic mass is 9.97. The number of benzene rings is 4. The van der Waals surface area contributed by atoms with Crippen LogP contribution in [-0.2, 0) is 9.53 Å². The number of aliphatic carboxylic acids is 1. The van der Waals surface area contributed by atoms with Crippen LogP contribution in [0.15, 0.2) is 95.4 Å². The zero-order valence-corrected chi connectivity index (χ0v) is 22.6. The van der Waals surface area contributed by atoms with Gasteiger partial charge in [0.05, 0.1) is 6.61 Å². The first-order valence-corrected chi connectivity index (χ1v) is 13.1. The number of alkyl carbamates (subject to hydrolysis) is 1. The number of ether oxygens (including phenoxy) is 2. The number of para-hydroxylation sites is 2. The van der Waals surface area contributed by atoms with Crippen molar-refractivity contribution in [3.63, 3.8) is 0 Å². The highest BCUT2D eigenvalue weighted by Gasteiger charge is 2.24. The first-order chi connectivity index (χ1) is 19.2. The molecule has 5 aromatic rings. The smallest absolute Gasteiger partial charge is 0.408 e. The van der Waals surface area contributed by atoms with Crippen LogP contribution >= 0.6 is 0 Å². The SMILES string of the molecule is CC(C)(C)OC(=O)N[C@@H](CCOc1cccc(-c2cccc(-c3cccc4c3oc3ccccc34)c2)c1)C(=O)O. The molecular weight excluding hydrogens is 506 g/mol. The van der Waals surface area contributed by atoms with E-state index in [4.69, 9.17) is 13.9 Å². The van der Waals surface area contributed by atoms with Crippen molar-refractivity contribution in [1.82, 2.24) is 5.32 Å². The summed E-state index contributed by atoms with van der Waals surface area (Å²) in [7, 11) is 0. The first kappa shape index (κ1) is 26.8. The maximum atomic E-state index is 12.0. The Bertz CT molecular complexity index is 1680. The van der Waals surface area contributed by atoms with E-state index in [1.54, 1.807) is 20.8 Å². The second-order valence-corrected chi connectivity index (χ2v) is 10.6. The van der Waals surface area contributed by atoms with Gasteiger partial charge in [0.15, 0.2) is 0 Å². The van der Waals surface area contributed by atoms with Crippen molar-refractivity contribution in [3.05, 3.63) is 91.0 Å². The Morgan fingerprint density at radius 1 is 0.850 bits per heavy atom. The van der Waals surface area contributed by atoms with Crippen molar-refractivity contribution in [3.8, 4) is 28.0 Å². The third-order valence-electron chi connectivity index (χ3n) is 6.41. The Morgan fingerprint density at radius 2 is 1.52 bits per heavy atom. The highest BCUT2D eigenvalue weighted by Crippen LogP contribution is 2.37. The number of fused-ring (bicyclic) bond motifs is 3. The number of carbonyl (C=O) groups is 2. The summed E-state index contributed by atoms with van der Waals surface area (Å²) < 4.78 is 17.3. The minimum atomic E-state index is -1.15.